The average Bonchev–Trinajstić information content (AvgIpc) is 2.92. The molecule has 0 bridgehead atoms. The van der Waals surface area contributed by atoms with E-state index in [-0.39, 0.29) is 11.4 Å². The summed E-state index contributed by atoms with van der Waals surface area (Å²) in [6.45, 7) is 9.40. The summed E-state index contributed by atoms with van der Waals surface area (Å²) >= 11 is 0. The molecule has 2 heteroatoms. The second kappa shape index (κ2) is 18.0. The molecule has 0 aromatic heterocycles. The van der Waals surface area contributed by atoms with Gasteiger partial charge >= 0.3 is 0 Å². The molecule has 0 aliphatic rings. The van der Waals surface area contributed by atoms with Gasteiger partial charge in [0.2, 0.25) is 0 Å². The Morgan fingerprint density at radius 2 is 0.972 bits per heavy atom. The predicted molar refractivity (Wildman–Crippen MR) is 163 cm³/mol. The zero-order valence-corrected chi connectivity index (χ0v) is 24.9. The molecule has 2 aromatic rings. The first kappa shape index (κ1) is 27.6. The minimum absolute atomic E-state index is 0.0952. The summed E-state index contributed by atoms with van der Waals surface area (Å²) in [4.78, 5) is 0. The second-order valence-electron chi connectivity index (χ2n) is 11.5. The van der Waals surface area contributed by atoms with E-state index < -0.39 is 14.7 Å². The summed E-state index contributed by atoms with van der Waals surface area (Å²) in [5.74, 6) is 0. The van der Waals surface area contributed by atoms with Crippen LogP contribution in [-0.2, 0) is 4.43 Å². The highest BCUT2D eigenvalue weighted by Crippen LogP contribution is 2.36. The van der Waals surface area contributed by atoms with Crippen molar-refractivity contribution in [2.75, 3.05) is 6.61 Å². The largest absolute Gasteiger partial charge is 0.407 e. The molecule has 202 valence electrons. The Kier molecular flexibility index (Phi) is 13.8. The van der Waals surface area contributed by atoms with Crippen molar-refractivity contribution in [1.82, 2.24) is 0 Å². The number of rotatable bonds is 20. The fraction of sp³-hybridized carbons (Fsp3) is 0.647. The molecule has 2 rings (SSSR count). The van der Waals surface area contributed by atoms with Gasteiger partial charge in [0.25, 0.3) is 8.32 Å². The minimum Gasteiger partial charge on any atom is -0.407 e. The molecule has 0 radical (unpaired) electrons. The lowest BCUT2D eigenvalue weighted by atomic mass is 10.0. The minimum atomic E-state index is -2.63. The lowest BCUT2D eigenvalue weighted by Crippen LogP contribution is -2.66. The highest BCUT2D eigenvalue weighted by molar-refractivity contribution is 6.99. The Bertz CT molecular complexity index is 797. The smallest absolute Gasteiger partial charge is 0.261 e. The summed E-state index contributed by atoms with van der Waals surface area (Å²) < 4.78 is 24.3. The normalized spacial score (nSPS) is 14.8. The van der Waals surface area contributed by atoms with Gasteiger partial charge in [0.1, 0.15) is 0 Å². The zero-order chi connectivity index (χ0) is 27.7. The van der Waals surface area contributed by atoms with Gasteiger partial charge in [-0.2, -0.15) is 0 Å². The van der Waals surface area contributed by atoms with Crippen LogP contribution < -0.4 is 10.4 Å². The standard InChI is InChI=1S/C34H56OSi/c1-5-6-7-8-9-10-11-12-13-14-15-16-17-18-19-26-31-35-36(34(2,3)4,32-27-22-20-23-28-32)33-29-24-21-25-30-33/h20-25,27-30H,5-19,26,31H2,1-4H3/i19D,26D/t19-,26+/m0/s1. The SMILES string of the molecule is [2H][C@@H](CCCCCCCCCCCCCCC)[C@@H]([2H])CO[Si](c1ccccc1)(c1ccccc1)C(C)(C)C. The predicted octanol–water partition coefficient (Wildman–Crippen LogP) is 9.82. The molecule has 0 spiro atoms. The molecule has 0 heterocycles. The molecule has 2 atom stereocenters. The topological polar surface area (TPSA) is 9.23 Å². The molecule has 1 nitrogen and oxygen atoms in total. The van der Waals surface area contributed by atoms with Crippen molar-refractivity contribution >= 4 is 18.7 Å². The summed E-state index contributed by atoms with van der Waals surface area (Å²) in [6.07, 6.45) is 17.2. The molecular weight excluding hydrogens is 452 g/mol. The van der Waals surface area contributed by atoms with Crippen molar-refractivity contribution in [3.8, 4) is 0 Å². The Morgan fingerprint density at radius 3 is 1.36 bits per heavy atom. The average molecular weight is 511 g/mol. The van der Waals surface area contributed by atoms with Crippen molar-refractivity contribution in [3.63, 3.8) is 0 Å². The number of hydrogen-bond acceptors (Lipinski definition) is 1. The third-order valence-electron chi connectivity index (χ3n) is 7.45. The van der Waals surface area contributed by atoms with Crippen molar-refractivity contribution in [1.29, 1.82) is 0 Å². The number of benzene rings is 2. The van der Waals surface area contributed by atoms with Gasteiger partial charge in [-0.15, -0.1) is 0 Å². The van der Waals surface area contributed by atoms with Gasteiger partial charge in [-0.05, 0) is 21.8 Å². The Morgan fingerprint density at radius 1 is 0.583 bits per heavy atom. The quantitative estimate of drug-likeness (QED) is 0.127. The van der Waals surface area contributed by atoms with E-state index in [9.17, 15) is 0 Å². The third kappa shape index (κ3) is 10.5. The van der Waals surface area contributed by atoms with Crippen molar-refractivity contribution < 1.29 is 7.17 Å². The van der Waals surface area contributed by atoms with Crippen LogP contribution in [0.25, 0.3) is 0 Å². The maximum Gasteiger partial charge on any atom is 0.261 e. The van der Waals surface area contributed by atoms with Gasteiger partial charge in [-0.25, -0.2) is 0 Å². The first-order chi connectivity index (χ1) is 18.3. The third-order valence-corrected chi connectivity index (χ3v) is 12.5. The molecule has 0 saturated heterocycles. The van der Waals surface area contributed by atoms with E-state index in [1.807, 2.05) is 0 Å². The Labute approximate surface area is 228 Å². The summed E-state index contributed by atoms with van der Waals surface area (Å²) in [7, 11) is -2.63. The second-order valence-corrected chi connectivity index (χ2v) is 15.8. The summed E-state index contributed by atoms with van der Waals surface area (Å²) in [5, 5.41) is 2.38. The van der Waals surface area contributed by atoms with E-state index in [0.29, 0.717) is 6.61 Å². The molecule has 0 saturated carbocycles. The first-order valence-corrected chi connectivity index (χ1v) is 16.8. The maximum absolute atomic E-state index is 8.76. The van der Waals surface area contributed by atoms with Gasteiger partial charge in [-0.1, -0.05) is 185 Å². The highest BCUT2D eigenvalue weighted by atomic mass is 28.4. The van der Waals surface area contributed by atoms with Crippen LogP contribution in [0.3, 0.4) is 0 Å². The molecule has 36 heavy (non-hydrogen) atoms. The molecule has 0 amide bonds. The fourth-order valence-electron chi connectivity index (χ4n) is 5.40. The van der Waals surface area contributed by atoms with Crippen LogP contribution in [0.5, 0.6) is 0 Å². The van der Waals surface area contributed by atoms with E-state index >= 15 is 0 Å². The van der Waals surface area contributed by atoms with Crippen LogP contribution in [-0.4, -0.2) is 14.9 Å². The van der Waals surface area contributed by atoms with Gasteiger partial charge in [0, 0.05) is 9.35 Å². The molecule has 0 unspecified atom stereocenters. The van der Waals surface area contributed by atoms with Crippen molar-refractivity contribution in [2.24, 2.45) is 0 Å². The lowest BCUT2D eigenvalue weighted by Gasteiger charge is -2.43. The van der Waals surface area contributed by atoms with Crippen molar-refractivity contribution in [3.05, 3.63) is 60.7 Å². The molecule has 2 aromatic carbocycles. The Balaban J connectivity index is 1.77. The van der Waals surface area contributed by atoms with E-state index in [1.165, 1.54) is 87.4 Å². The molecular formula is C34H56OSi. The zero-order valence-electron chi connectivity index (χ0n) is 25.9. The van der Waals surface area contributed by atoms with Gasteiger partial charge < -0.3 is 4.43 Å². The highest BCUT2D eigenvalue weighted by Gasteiger charge is 2.49. The van der Waals surface area contributed by atoms with Crippen LogP contribution in [0.15, 0.2) is 60.7 Å². The van der Waals surface area contributed by atoms with Crippen LogP contribution in [0.2, 0.25) is 5.04 Å². The van der Waals surface area contributed by atoms with Crippen LogP contribution in [0.1, 0.15) is 133 Å². The first-order valence-electron chi connectivity index (χ1n) is 16.1. The van der Waals surface area contributed by atoms with Gasteiger partial charge in [0.05, 0.1) is 0 Å². The van der Waals surface area contributed by atoms with Crippen molar-refractivity contribution in [2.45, 2.75) is 135 Å². The molecule has 0 aliphatic carbocycles. The maximum atomic E-state index is 8.76. The van der Waals surface area contributed by atoms with Crippen LogP contribution >= 0.6 is 0 Å². The van der Waals surface area contributed by atoms with E-state index in [2.05, 4.69) is 88.4 Å². The summed E-state index contributed by atoms with van der Waals surface area (Å²) in [6, 6.07) is 21.2. The molecule has 0 N–H and O–H groups in total. The van der Waals surface area contributed by atoms with Gasteiger partial charge in [0.15, 0.2) is 0 Å². The van der Waals surface area contributed by atoms with E-state index in [4.69, 9.17) is 7.17 Å². The van der Waals surface area contributed by atoms with Gasteiger partial charge in [-0.3, -0.25) is 0 Å². The Hall–Kier alpha value is -1.38. The fourth-order valence-corrected chi connectivity index (χ4v) is 9.90. The number of hydrogen-bond donors (Lipinski definition) is 0. The summed E-state index contributed by atoms with van der Waals surface area (Å²) in [5.41, 5.74) is 0. The molecule has 0 fully saturated rings. The monoisotopic (exact) mass is 510 g/mol. The molecule has 0 aliphatic heterocycles. The van der Waals surface area contributed by atoms with Crippen LogP contribution in [0.4, 0.5) is 0 Å². The van der Waals surface area contributed by atoms with E-state index in [1.54, 1.807) is 0 Å². The van der Waals surface area contributed by atoms with Crippen LogP contribution in [0, 0.1) is 0 Å². The van der Waals surface area contributed by atoms with E-state index in [0.717, 1.165) is 12.8 Å². The number of unbranched alkanes of at least 4 members (excludes halogenated alkanes) is 12. The lowest BCUT2D eigenvalue weighted by molar-refractivity contribution is 0.286.